The number of nitrogens with one attached hydrogen (secondary N) is 2. The number of ether oxygens (including phenoxy) is 1. The molecule has 6 nitrogen and oxygen atoms in total. The number of nitrogens with zero attached hydrogens (tertiary/aromatic N) is 1. The molecular weight excluding hydrogens is 314 g/mol. The van der Waals surface area contributed by atoms with Crippen LogP contribution in [-0.2, 0) is 22.4 Å². The highest BCUT2D eigenvalue weighted by Gasteiger charge is 2.18. The molecular formula is C16H17N3O3S. The minimum Gasteiger partial charge on any atom is -0.450 e. The second-order valence-electron chi connectivity index (χ2n) is 5.12. The van der Waals surface area contributed by atoms with Crippen LogP contribution >= 0.6 is 11.3 Å². The average molecular weight is 331 g/mol. The molecule has 3 rings (SSSR count). The Morgan fingerprint density at radius 3 is 3.17 bits per heavy atom. The number of hydrogen-bond donors (Lipinski definition) is 2. The number of carbonyl (C=O) groups is 2. The second kappa shape index (κ2) is 6.78. The minimum absolute atomic E-state index is 0.0288. The van der Waals surface area contributed by atoms with Gasteiger partial charge < -0.3 is 15.4 Å². The first kappa shape index (κ1) is 15.5. The van der Waals surface area contributed by atoms with Crippen LogP contribution in [0.1, 0.15) is 17.5 Å². The van der Waals surface area contributed by atoms with Gasteiger partial charge in [0, 0.05) is 29.6 Å². The molecule has 1 aliphatic rings. The Kier molecular flexibility index (Phi) is 4.57. The molecule has 0 aliphatic carbocycles. The highest BCUT2D eigenvalue weighted by Crippen LogP contribution is 2.29. The number of benzene rings is 1. The van der Waals surface area contributed by atoms with Gasteiger partial charge in [-0.2, -0.15) is 0 Å². The van der Waals surface area contributed by atoms with Crippen molar-refractivity contribution < 1.29 is 14.3 Å². The summed E-state index contributed by atoms with van der Waals surface area (Å²) in [5.41, 5.74) is 3.78. The number of amides is 2. The van der Waals surface area contributed by atoms with Crippen molar-refractivity contribution in [2.24, 2.45) is 0 Å². The molecule has 0 atom stereocenters. The number of aromatic nitrogens is 1. The predicted octanol–water partition coefficient (Wildman–Crippen LogP) is 2.59. The van der Waals surface area contributed by atoms with Gasteiger partial charge in [-0.1, -0.05) is 6.07 Å². The van der Waals surface area contributed by atoms with Gasteiger partial charge in [0.2, 0.25) is 5.91 Å². The SMILES string of the molecule is CCOC(=O)NCCc1nc(-c2ccc3c(c2)CC(=O)N3)cs1. The Morgan fingerprint density at radius 1 is 1.48 bits per heavy atom. The van der Waals surface area contributed by atoms with Crippen molar-refractivity contribution in [3.05, 3.63) is 34.2 Å². The van der Waals surface area contributed by atoms with E-state index in [-0.39, 0.29) is 5.91 Å². The van der Waals surface area contributed by atoms with Crippen molar-refractivity contribution in [3.8, 4) is 11.3 Å². The van der Waals surface area contributed by atoms with Crippen LogP contribution in [0.3, 0.4) is 0 Å². The van der Waals surface area contributed by atoms with E-state index in [0.717, 1.165) is 27.5 Å². The molecule has 0 saturated carbocycles. The van der Waals surface area contributed by atoms with Crippen LogP contribution in [0.15, 0.2) is 23.6 Å². The first-order valence-electron chi connectivity index (χ1n) is 7.44. The van der Waals surface area contributed by atoms with E-state index >= 15 is 0 Å². The van der Waals surface area contributed by atoms with Gasteiger partial charge in [0.15, 0.2) is 0 Å². The fourth-order valence-corrected chi connectivity index (χ4v) is 3.21. The molecule has 1 aromatic carbocycles. The highest BCUT2D eigenvalue weighted by molar-refractivity contribution is 7.09. The molecule has 0 fully saturated rings. The lowest BCUT2D eigenvalue weighted by Crippen LogP contribution is -2.26. The van der Waals surface area contributed by atoms with E-state index in [1.165, 1.54) is 0 Å². The topological polar surface area (TPSA) is 80.3 Å². The average Bonchev–Trinajstić information content (AvgIpc) is 3.12. The van der Waals surface area contributed by atoms with Gasteiger partial charge in [-0.05, 0) is 24.6 Å². The van der Waals surface area contributed by atoms with E-state index in [9.17, 15) is 9.59 Å². The smallest absolute Gasteiger partial charge is 0.407 e. The van der Waals surface area contributed by atoms with Crippen molar-refractivity contribution in [2.75, 3.05) is 18.5 Å². The Balaban J connectivity index is 1.62. The van der Waals surface area contributed by atoms with E-state index in [2.05, 4.69) is 15.6 Å². The molecule has 2 N–H and O–H groups in total. The lowest BCUT2D eigenvalue weighted by atomic mass is 10.1. The first-order chi connectivity index (χ1) is 11.2. The zero-order valence-electron chi connectivity index (χ0n) is 12.7. The third-order valence-corrected chi connectivity index (χ3v) is 4.37. The summed E-state index contributed by atoms with van der Waals surface area (Å²) in [5, 5.41) is 8.44. The highest BCUT2D eigenvalue weighted by atomic mass is 32.1. The van der Waals surface area contributed by atoms with Crippen LogP contribution in [-0.4, -0.2) is 30.1 Å². The van der Waals surface area contributed by atoms with E-state index in [4.69, 9.17) is 4.74 Å². The number of carbonyl (C=O) groups excluding carboxylic acids is 2. The number of rotatable bonds is 5. The summed E-state index contributed by atoms with van der Waals surface area (Å²) in [6.07, 6.45) is 0.679. The summed E-state index contributed by atoms with van der Waals surface area (Å²) in [6, 6.07) is 5.87. The molecule has 0 spiro atoms. The van der Waals surface area contributed by atoms with Gasteiger partial charge in [0.25, 0.3) is 0 Å². The summed E-state index contributed by atoms with van der Waals surface area (Å²) in [6.45, 7) is 2.63. The largest absolute Gasteiger partial charge is 0.450 e. The predicted molar refractivity (Wildman–Crippen MR) is 88.6 cm³/mol. The fraction of sp³-hybridized carbons (Fsp3) is 0.312. The molecule has 0 bridgehead atoms. The molecule has 0 unspecified atom stereocenters. The van der Waals surface area contributed by atoms with Gasteiger partial charge in [-0.15, -0.1) is 11.3 Å². The van der Waals surface area contributed by atoms with Crippen LogP contribution in [0.2, 0.25) is 0 Å². The minimum atomic E-state index is -0.403. The maximum absolute atomic E-state index is 11.4. The summed E-state index contributed by atoms with van der Waals surface area (Å²) >= 11 is 1.56. The molecule has 2 aromatic rings. The Morgan fingerprint density at radius 2 is 2.35 bits per heavy atom. The number of alkyl carbamates (subject to hydrolysis) is 1. The van der Waals surface area contributed by atoms with Crippen molar-refractivity contribution in [3.63, 3.8) is 0 Å². The molecule has 23 heavy (non-hydrogen) atoms. The van der Waals surface area contributed by atoms with Gasteiger partial charge >= 0.3 is 6.09 Å². The van der Waals surface area contributed by atoms with E-state index in [1.807, 2.05) is 23.6 Å². The standard InChI is InChI=1S/C16H17N3O3S/c1-2-22-16(21)17-6-5-15-19-13(9-23-15)10-3-4-12-11(7-10)8-14(20)18-12/h3-4,7,9H,2,5-6,8H2,1H3,(H,17,21)(H,18,20). The van der Waals surface area contributed by atoms with Gasteiger partial charge in [0.05, 0.1) is 23.7 Å². The van der Waals surface area contributed by atoms with Gasteiger partial charge in [-0.25, -0.2) is 9.78 Å². The van der Waals surface area contributed by atoms with Crippen LogP contribution < -0.4 is 10.6 Å². The molecule has 0 radical (unpaired) electrons. The van der Waals surface area contributed by atoms with Crippen molar-refractivity contribution in [1.82, 2.24) is 10.3 Å². The van der Waals surface area contributed by atoms with E-state index in [1.54, 1.807) is 18.3 Å². The number of fused-ring (bicyclic) bond motifs is 1. The Labute approximate surface area is 137 Å². The first-order valence-corrected chi connectivity index (χ1v) is 8.32. The molecule has 1 aliphatic heterocycles. The molecule has 2 heterocycles. The second-order valence-corrected chi connectivity index (χ2v) is 6.06. The van der Waals surface area contributed by atoms with Crippen molar-refractivity contribution in [1.29, 1.82) is 0 Å². The summed E-state index contributed by atoms with van der Waals surface area (Å²) in [7, 11) is 0. The molecule has 120 valence electrons. The monoisotopic (exact) mass is 331 g/mol. The third-order valence-electron chi connectivity index (χ3n) is 3.46. The molecule has 0 saturated heterocycles. The summed E-state index contributed by atoms with van der Waals surface area (Å²) in [4.78, 5) is 27.2. The van der Waals surface area contributed by atoms with E-state index < -0.39 is 6.09 Å². The summed E-state index contributed by atoms with van der Waals surface area (Å²) < 4.78 is 4.81. The molecule has 7 heteroatoms. The molecule has 2 amide bonds. The van der Waals surface area contributed by atoms with Crippen molar-refractivity contribution >= 4 is 29.0 Å². The van der Waals surface area contributed by atoms with Crippen LogP contribution in [0, 0.1) is 0 Å². The lowest BCUT2D eigenvalue weighted by molar-refractivity contribution is -0.115. The van der Waals surface area contributed by atoms with Crippen LogP contribution in [0.25, 0.3) is 11.3 Å². The normalized spacial score (nSPS) is 12.7. The fourth-order valence-electron chi connectivity index (χ4n) is 2.40. The van der Waals surface area contributed by atoms with Gasteiger partial charge in [-0.3, -0.25) is 4.79 Å². The zero-order chi connectivity index (χ0) is 16.2. The lowest BCUT2D eigenvalue weighted by Gasteiger charge is -2.03. The number of thiazole rings is 1. The van der Waals surface area contributed by atoms with E-state index in [0.29, 0.717) is 26.0 Å². The zero-order valence-corrected chi connectivity index (χ0v) is 13.5. The van der Waals surface area contributed by atoms with Crippen LogP contribution in [0.5, 0.6) is 0 Å². The number of anilines is 1. The summed E-state index contributed by atoms with van der Waals surface area (Å²) in [5.74, 6) is 0.0288. The van der Waals surface area contributed by atoms with Crippen molar-refractivity contribution in [2.45, 2.75) is 19.8 Å². The maximum atomic E-state index is 11.4. The number of hydrogen-bond acceptors (Lipinski definition) is 5. The molecule has 1 aromatic heterocycles. The quantitative estimate of drug-likeness (QED) is 0.882. The Hall–Kier alpha value is -2.41. The van der Waals surface area contributed by atoms with Gasteiger partial charge in [0.1, 0.15) is 0 Å². The third kappa shape index (κ3) is 3.68. The maximum Gasteiger partial charge on any atom is 0.407 e. The van der Waals surface area contributed by atoms with Crippen LogP contribution in [0.4, 0.5) is 10.5 Å². The Bertz CT molecular complexity index is 742.